The van der Waals surface area contributed by atoms with Crippen molar-refractivity contribution in [3.8, 4) is 5.75 Å². The van der Waals surface area contributed by atoms with Gasteiger partial charge in [0, 0.05) is 5.02 Å². The monoisotopic (exact) mass is 237 g/mol. The molecule has 0 spiro atoms. The normalized spacial score (nSPS) is 11.6. The number of halogens is 2. The standard InChI is InChI=1S/C9H13ClNO2.ClH/c1-7(6-12-11)13-9-4-2-8(10)3-5-9;/h2-5,7H,6H2,1,11H3;1H/q+1;/p-1. The number of benzene rings is 1. The summed E-state index contributed by atoms with van der Waals surface area (Å²) >= 11 is 5.72. The molecule has 0 radical (unpaired) electrons. The second kappa shape index (κ2) is 6.90. The third kappa shape index (κ3) is 4.67. The fraction of sp³-hybridized carbons (Fsp3) is 0.333. The molecule has 5 heteroatoms. The van der Waals surface area contributed by atoms with E-state index in [4.69, 9.17) is 21.2 Å². The van der Waals surface area contributed by atoms with Gasteiger partial charge < -0.3 is 17.1 Å². The van der Waals surface area contributed by atoms with Crippen LogP contribution >= 0.6 is 11.6 Å². The molecule has 1 aromatic rings. The van der Waals surface area contributed by atoms with E-state index in [1.165, 1.54) is 0 Å². The first-order valence-corrected chi connectivity index (χ1v) is 4.39. The summed E-state index contributed by atoms with van der Waals surface area (Å²) in [6.45, 7) is 2.39. The summed E-state index contributed by atoms with van der Waals surface area (Å²) in [4.78, 5) is 4.70. The molecule has 1 rings (SSSR count). The van der Waals surface area contributed by atoms with E-state index in [-0.39, 0.29) is 18.5 Å². The van der Waals surface area contributed by atoms with Crippen LogP contribution in [-0.4, -0.2) is 12.7 Å². The molecule has 0 fully saturated rings. The van der Waals surface area contributed by atoms with Gasteiger partial charge in [-0.25, -0.2) is 10.7 Å². The molecule has 3 N–H and O–H groups in total. The molecule has 0 aliphatic rings. The molecule has 14 heavy (non-hydrogen) atoms. The largest absolute Gasteiger partial charge is 1.00 e. The van der Waals surface area contributed by atoms with Crippen molar-refractivity contribution in [1.82, 2.24) is 0 Å². The van der Waals surface area contributed by atoms with Crippen LogP contribution in [0.5, 0.6) is 5.75 Å². The lowest BCUT2D eigenvalue weighted by Crippen LogP contribution is -3.00. The van der Waals surface area contributed by atoms with Crippen molar-refractivity contribution in [3.05, 3.63) is 29.3 Å². The molecule has 0 heterocycles. The molecule has 0 saturated carbocycles. The lowest BCUT2D eigenvalue weighted by molar-refractivity contribution is -0.691. The van der Waals surface area contributed by atoms with Gasteiger partial charge in [-0.3, -0.25) is 0 Å². The first kappa shape index (κ1) is 13.5. The van der Waals surface area contributed by atoms with E-state index in [2.05, 4.69) is 5.90 Å². The van der Waals surface area contributed by atoms with E-state index < -0.39 is 0 Å². The van der Waals surface area contributed by atoms with Gasteiger partial charge in [0.05, 0.1) is 0 Å². The van der Waals surface area contributed by atoms with Crippen molar-refractivity contribution in [2.45, 2.75) is 13.0 Å². The van der Waals surface area contributed by atoms with Gasteiger partial charge in [0.15, 0.2) is 0 Å². The first-order chi connectivity index (χ1) is 6.22. The average molecular weight is 238 g/mol. The minimum absolute atomic E-state index is 0. The highest BCUT2D eigenvalue weighted by Crippen LogP contribution is 2.16. The van der Waals surface area contributed by atoms with Crippen LogP contribution in [0.1, 0.15) is 6.92 Å². The van der Waals surface area contributed by atoms with Crippen LogP contribution in [0.4, 0.5) is 0 Å². The minimum Gasteiger partial charge on any atom is -1.00 e. The Morgan fingerprint density at radius 2 is 1.93 bits per heavy atom. The van der Waals surface area contributed by atoms with Gasteiger partial charge in [-0.2, -0.15) is 0 Å². The van der Waals surface area contributed by atoms with E-state index >= 15 is 0 Å². The van der Waals surface area contributed by atoms with Gasteiger partial charge in [0.2, 0.25) is 0 Å². The summed E-state index contributed by atoms with van der Waals surface area (Å²) in [5.74, 6) is 4.07. The van der Waals surface area contributed by atoms with E-state index in [0.717, 1.165) is 5.75 Å². The SMILES string of the molecule is CC(CO[NH3+])Oc1ccc(Cl)cc1.[Cl-]. The Morgan fingerprint density at radius 1 is 1.36 bits per heavy atom. The van der Waals surface area contributed by atoms with Crippen molar-refractivity contribution in [2.75, 3.05) is 6.61 Å². The summed E-state index contributed by atoms with van der Waals surface area (Å²) in [6.07, 6.45) is -0.00123. The zero-order chi connectivity index (χ0) is 9.68. The maximum Gasteiger partial charge on any atom is 0.142 e. The highest BCUT2D eigenvalue weighted by molar-refractivity contribution is 6.30. The first-order valence-electron chi connectivity index (χ1n) is 4.01. The Labute approximate surface area is 94.5 Å². The smallest absolute Gasteiger partial charge is 0.142 e. The predicted molar refractivity (Wildman–Crippen MR) is 50.4 cm³/mol. The van der Waals surface area contributed by atoms with Crippen LogP contribution in [-0.2, 0) is 4.84 Å². The molecule has 1 atom stereocenters. The maximum atomic E-state index is 5.72. The minimum atomic E-state index is -0.00123. The van der Waals surface area contributed by atoms with Crippen LogP contribution in [0, 0.1) is 0 Å². The Hall–Kier alpha value is -0.480. The molecule has 0 aliphatic carbocycles. The number of hydrogen-bond acceptors (Lipinski definition) is 2. The van der Waals surface area contributed by atoms with Crippen molar-refractivity contribution >= 4 is 11.6 Å². The molecule has 1 aromatic carbocycles. The molecule has 0 saturated heterocycles. The predicted octanol–water partition coefficient (Wildman–Crippen LogP) is -1.72. The molecule has 3 nitrogen and oxygen atoms in total. The summed E-state index contributed by atoms with van der Waals surface area (Å²) in [7, 11) is 0. The molecule has 0 amide bonds. The summed E-state index contributed by atoms with van der Waals surface area (Å²) in [5, 5.41) is 0.702. The van der Waals surface area contributed by atoms with Gasteiger partial charge in [-0.1, -0.05) is 11.6 Å². The van der Waals surface area contributed by atoms with Crippen LogP contribution in [0.2, 0.25) is 5.02 Å². The third-order valence-corrected chi connectivity index (χ3v) is 1.76. The van der Waals surface area contributed by atoms with Crippen molar-refractivity contribution in [2.24, 2.45) is 0 Å². The van der Waals surface area contributed by atoms with Crippen molar-refractivity contribution < 1.29 is 27.9 Å². The topological polar surface area (TPSA) is 46.1 Å². The molecule has 0 aliphatic heterocycles. The van der Waals surface area contributed by atoms with Crippen LogP contribution < -0.4 is 23.0 Å². The quantitative estimate of drug-likeness (QED) is 0.634. The summed E-state index contributed by atoms with van der Waals surface area (Å²) in [6, 6.07) is 7.22. The molecule has 0 aromatic heterocycles. The second-order valence-corrected chi connectivity index (χ2v) is 3.19. The summed E-state index contributed by atoms with van der Waals surface area (Å²) < 4.78 is 5.49. The van der Waals surface area contributed by atoms with Crippen LogP contribution in [0.25, 0.3) is 0 Å². The highest BCUT2D eigenvalue weighted by Gasteiger charge is 2.03. The van der Waals surface area contributed by atoms with Crippen LogP contribution in [0.3, 0.4) is 0 Å². The Bertz CT molecular complexity index is 253. The van der Waals surface area contributed by atoms with E-state index in [1.54, 1.807) is 12.1 Å². The lowest BCUT2D eigenvalue weighted by Gasteiger charge is -2.11. The van der Waals surface area contributed by atoms with Gasteiger partial charge in [0.25, 0.3) is 0 Å². The van der Waals surface area contributed by atoms with E-state index in [1.807, 2.05) is 19.1 Å². The van der Waals surface area contributed by atoms with Crippen LogP contribution in [0.15, 0.2) is 24.3 Å². The average Bonchev–Trinajstić information content (AvgIpc) is 2.09. The van der Waals surface area contributed by atoms with Gasteiger partial charge >= 0.3 is 0 Å². The van der Waals surface area contributed by atoms with Gasteiger partial charge in [-0.05, 0) is 31.2 Å². The lowest BCUT2D eigenvalue weighted by atomic mass is 10.3. The summed E-state index contributed by atoms with van der Waals surface area (Å²) in [5.41, 5.74) is 0. The second-order valence-electron chi connectivity index (χ2n) is 2.75. The highest BCUT2D eigenvalue weighted by atomic mass is 35.5. The van der Waals surface area contributed by atoms with Crippen molar-refractivity contribution in [3.63, 3.8) is 0 Å². The Balaban J connectivity index is 0.00000169. The zero-order valence-electron chi connectivity index (χ0n) is 7.87. The fourth-order valence-electron chi connectivity index (χ4n) is 0.945. The Kier molecular flexibility index (Phi) is 6.66. The fourth-order valence-corrected chi connectivity index (χ4v) is 1.07. The van der Waals surface area contributed by atoms with Gasteiger partial charge in [-0.15, -0.1) is 0 Å². The van der Waals surface area contributed by atoms with E-state index in [0.29, 0.717) is 11.6 Å². The molecule has 1 unspecified atom stereocenters. The molecule has 0 bridgehead atoms. The number of quaternary nitrogens is 1. The van der Waals surface area contributed by atoms with Crippen molar-refractivity contribution in [1.29, 1.82) is 0 Å². The number of rotatable bonds is 4. The molecule has 80 valence electrons. The molecular formula is C9H13Cl2NO2. The third-order valence-electron chi connectivity index (χ3n) is 1.50. The van der Waals surface area contributed by atoms with E-state index in [9.17, 15) is 0 Å². The van der Waals surface area contributed by atoms with Gasteiger partial charge in [0.1, 0.15) is 18.5 Å². The Morgan fingerprint density at radius 3 is 2.43 bits per heavy atom. The number of ether oxygens (including phenoxy) is 1. The maximum absolute atomic E-state index is 5.72. The molecular weight excluding hydrogens is 225 g/mol. The number of hydrogen-bond donors (Lipinski definition) is 1. The zero-order valence-corrected chi connectivity index (χ0v) is 9.39.